The lowest BCUT2D eigenvalue weighted by Gasteiger charge is -2.03. The normalized spacial score (nSPS) is 10.8. The Labute approximate surface area is 123 Å². The van der Waals surface area contributed by atoms with Crippen LogP contribution in [0.3, 0.4) is 0 Å². The van der Waals surface area contributed by atoms with Gasteiger partial charge in [-0.1, -0.05) is 15.9 Å². The number of hydrogen-bond donors (Lipinski definition) is 0. The second-order valence-corrected chi connectivity index (χ2v) is 5.40. The first-order chi connectivity index (χ1) is 8.69. The number of nitrogens with zero attached hydrogens (tertiary/aromatic N) is 1. The molecule has 2 aromatic rings. The van der Waals surface area contributed by atoms with Crippen LogP contribution in [0, 0.1) is 0 Å². The molecule has 0 saturated heterocycles. The van der Waals surface area contributed by atoms with Crippen molar-refractivity contribution in [3.8, 4) is 5.75 Å². The van der Waals surface area contributed by atoms with Gasteiger partial charge >= 0.3 is 0 Å². The summed E-state index contributed by atoms with van der Waals surface area (Å²) in [6, 6.07) is 13.7. The molecule has 0 aliphatic carbocycles. The van der Waals surface area contributed by atoms with E-state index in [1.54, 1.807) is 7.11 Å². The van der Waals surface area contributed by atoms with Crippen molar-refractivity contribution in [1.29, 1.82) is 0 Å². The first-order valence-corrected chi connectivity index (χ1v) is 6.91. The maximum Gasteiger partial charge on any atom is 0.133 e. The lowest BCUT2D eigenvalue weighted by Crippen LogP contribution is -1.86. The van der Waals surface area contributed by atoms with Crippen molar-refractivity contribution in [3.63, 3.8) is 0 Å². The van der Waals surface area contributed by atoms with Gasteiger partial charge in [-0.15, -0.1) is 0 Å². The Hall–Kier alpha value is -1.13. The highest BCUT2D eigenvalue weighted by Crippen LogP contribution is 2.25. The summed E-state index contributed by atoms with van der Waals surface area (Å²) in [4.78, 5) is 4.41. The lowest BCUT2D eigenvalue weighted by atomic mass is 10.2. The molecule has 0 atom stereocenters. The van der Waals surface area contributed by atoms with Gasteiger partial charge in [-0.3, -0.25) is 4.99 Å². The molecular formula is C14H11Br2NO. The maximum atomic E-state index is 5.18. The monoisotopic (exact) mass is 367 g/mol. The Balaban J connectivity index is 2.18. The van der Waals surface area contributed by atoms with Gasteiger partial charge in [0.25, 0.3) is 0 Å². The minimum absolute atomic E-state index is 0.816. The lowest BCUT2D eigenvalue weighted by molar-refractivity contribution is 0.412. The largest absolute Gasteiger partial charge is 0.496 e. The van der Waals surface area contributed by atoms with Gasteiger partial charge in [0.2, 0.25) is 0 Å². The van der Waals surface area contributed by atoms with Gasteiger partial charge in [0.05, 0.1) is 17.3 Å². The first kappa shape index (κ1) is 13.3. The molecule has 2 rings (SSSR count). The fourth-order valence-electron chi connectivity index (χ4n) is 1.44. The summed E-state index contributed by atoms with van der Waals surface area (Å²) in [5.74, 6) is 0.816. The smallest absolute Gasteiger partial charge is 0.133 e. The summed E-state index contributed by atoms with van der Waals surface area (Å²) in [7, 11) is 1.65. The molecule has 0 radical (unpaired) electrons. The summed E-state index contributed by atoms with van der Waals surface area (Å²) in [5.41, 5.74) is 1.94. The van der Waals surface area contributed by atoms with Crippen molar-refractivity contribution >= 4 is 43.8 Å². The number of rotatable bonds is 3. The van der Waals surface area contributed by atoms with E-state index < -0.39 is 0 Å². The number of hydrogen-bond acceptors (Lipinski definition) is 2. The molecular weight excluding hydrogens is 358 g/mol. The second kappa shape index (κ2) is 6.16. The Morgan fingerprint density at radius 2 is 1.78 bits per heavy atom. The van der Waals surface area contributed by atoms with E-state index in [2.05, 4.69) is 36.9 Å². The van der Waals surface area contributed by atoms with Crippen LogP contribution in [-0.4, -0.2) is 13.3 Å². The number of halogens is 2. The molecule has 92 valence electrons. The predicted octanol–water partition coefficient (Wildman–Crippen LogP) is 4.97. The molecule has 0 aliphatic rings. The minimum atomic E-state index is 0.816. The molecule has 0 amide bonds. The van der Waals surface area contributed by atoms with Crippen LogP contribution < -0.4 is 4.74 Å². The third kappa shape index (κ3) is 3.43. The minimum Gasteiger partial charge on any atom is -0.496 e. The highest BCUT2D eigenvalue weighted by atomic mass is 79.9. The molecule has 0 unspecified atom stereocenters. The average Bonchev–Trinajstić information content (AvgIpc) is 2.38. The Morgan fingerprint density at radius 1 is 1.06 bits per heavy atom. The van der Waals surface area contributed by atoms with E-state index in [1.807, 2.05) is 48.7 Å². The Bertz CT molecular complexity index is 565. The summed E-state index contributed by atoms with van der Waals surface area (Å²) in [5, 5.41) is 0. The van der Waals surface area contributed by atoms with Crippen LogP contribution in [-0.2, 0) is 0 Å². The number of benzene rings is 2. The predicted molar refractivity (Wildman–Crippen MR) is 82.1 cm³/mol. The van der Waals surface area contributed by atoms with Crippen molar-refractivity contribution in [2.45, 2.75) is 0 Å². The van der Waals surface area contributed by atoms with Crippen LogP contribution in [0.4, 0.5) is 5.69 Å². The molecule has 0 bridgehead atoms. The van der Waals surface area contributed by atoms with E-state index in [4.69, 9.17) is 4.74 Å². The van der Waals surface area contributed by atoms with E-state index in [0.717, 1.165) is 25.9 Å². The molecule has 2 nitrogen and oxygen atoms in total. The van der Waals surface area contributed by atoms with Crippen molar-refractivity contribution in [2.75, 3.05) is 7.11 Å². The van der Waals surface area contributed by atoms with Crippen LogP contribution in [0.25, 0.3) is 0 Å². The van der Waals surface area contributed by atoms with E-state index in [-0.39, 0.29) is 0 Å². The number of methoxy groups -OCH3 is 1. The standard InChI is InChI=1S/C14H11Br2NO/c1-18-14-7-2-10(8-13(14)16)9-17-12-5-3-11(15)4-6-12/h2-9H,1H3. The van der Waals surface area contributed by atoms with Gasteiger partial charge in [0.15, 0.2) is 0 Å². The molecule has 0 saturated carbocycles. The second-order valence-electron chi connectivity index (χ2n) is 3.63. The van der Waals surface area contributed by atoms with Gasteiger partial charge in [-0.2, -0.15) is 0 Å². The summed E-state index contributed by atoms with van der Waals surface area (Å²) in [6.45, 7) is 0. The van der Waals surface area contributed by atoms with Crippen molar-refractivity contribution < 1.29 is 4.74 Å². The van der Waals surface area contributed by atoms with Crippen LogP contribution >= 0.6 is 31.9 Å². The van der Waals surface area contributed by atoms with Gasteiger partial charge in [-0.25, -0.2) is 0 Å². The van der Waals surface area contributed by atoms with Crippen molar-refractivity contribution in [2.24, 2.45) is 4.99 Å². The molecule has 0 N–H and O–H groups in total. The third-order valence-electron chi connectivity index (χ3n) is 2.37. The molecule has 2 aromatic carbocycles. The van der Waals surface area contributed by atoms with Gasteiger partial charge in [0.1, 0.15) is 5.75 Å². The maximum absolute atomic E-state index is 5.18. The van der Waals surface area contributed by atoms with Crippen LogP contribution in [0.2, 0.25) is 0 Å². The van der Waals surface area contributed by atoms with E-state index in [0.29, 0.717) is 0 Å². The van der Waals surface area contributed by atoms with Gasteiger partial charge < -0.3 is 4.74 Å². The fourth-order valence-corrected chi connectivity index (χ4v) is 2.26. The zero-order valence-corrected chi connectivity index (χ0v) is 12.9. The zero-order valence-electron chi connectivity index (χ0n) is 9.73. The van der Waals surface area contributed by atoms with Crippen LogP contribution in [0.5, 0.6) is 5.75 Å². The third-order valence-corrected chi connectivity index (χ3v) is 3.51. The SMILES string of the molecule is COc1ccc(C=Nc2ccc(Br)cc2)cc1Br. The Morgan fingerprint density at radius 3 is 2.39 bits per heavy atom. The summed E-state index contributed by atoms with van der Waals surface area (Å²) >= 11 is 6.85. The molecule has 0 spiro atoms. The fraction of sp³-hybridized carbons (Fsp3) is 0.0714. The molecule has 4 heteroatoms. The average molecular weight is 369 g/mol. The highest BCUT2D eigenvalue weighted by Gasteiger charge is 1.99. The molecule has 0 aliphatic heterocycles. The Kier molecular flexibility index (Phi) is 4.55. The summed E-state index contributed by atoms with van der Waals surface area (Å²) < 4.78 is 7.15. The summed E-state index contributed by atoms with van der Waals surface area (Å²) in [6.07, 6.45) is 1.83. The van der Waals surface area contributed by atoms with E-state index in [9.17, 15) is 0 Å². The number of ether oxygens (including phenoxy) is 1. The van der Waals surface area contributed by atoms with Crippen LogP contribution in [0.1, 0.15) is 5.56 Å². The molecule has 0 aromatic heterocycles. The van der Waals surface area contributed by atoms with Gasteiger partial charge in [-0.05, 0) is 64.0 Å². The zero-order chi connectivity index (χ0) is 13.0. The van der Waals surface area contributed by atoms with E-state index in [1.165, 1.54) is 0 Å². The first-order valence-electron chi connectivity index (χ1n) is 5.32. The topological polar surface area (TPSA) is 21.6 Å². The molecule has 18 heavy (non-hydrogen) atoms. The molecule has 0 fully saturated rings. The van der Waals surface area contributed by atoms with Gasteiger partial charge in [0, 0.05) is 10.7 Å². The molecule has 0 heterocycles. The van der Waals surface area contributed by atoms with Crippen molar-refractivity contribution in [1.82, 2.24) is 0 Å². The van der Waals surface area contributed by atoms with E-state index >= 15 is 0 Å². The quantitative estimate of drug-likeness (QED) is 0.701. The number of aliphatic imine (C=N–C) groups is 1. The highest BCUT2D eigenvalue weighted by molar-refractivity contribution is 9.10. The van der Waals surface area contributed by atoms with Crippen molar-refractivity contribution in [3.05, 3.63) is 57.0 Å². The van der Waals surface area contributed by atoms with Crippen LogP contribution in [0.15, 0.2) is 56.4 Å².